The third kappa shape index (κ3) is 7.24. The summed E-state index contributed by atoms with van der Waals surface area (Å²) >= 11 is 5.82. The average molecular weight is 404 g/mol. The van der Waals surface area contributed by atoms with E-state index < -0.39 is 18.0 Å². The molecule has 0 aliphatic heterocycles. The summed E-state index contributed by atoms with van der Waals surface area (Å²) in [4.78, 5) is 24.4. The van der Waals surface area contributed by atoms with E-state index in [-0.39, 0.29) is 0 Å². The molecular weight excluding hydrogens is 378 g/mol. The summed E-state index contributed by atoms with van der Waals surface area (Å²) in [5.41, 5.74) is 0.946. The third-order valence-electron chi connectivity index (χ3n) is 4.12. The van der Waals surface area contributed by atoms with E-state index in [0.717, 1.165) is 12.8 Å². The number of rotatable bonds is 10. The van der Waals surface area contributed by atoms with Gasteiger partial charge in [-0.2, -0.15) is 0 Å². The lowest BCUT2D eigenvalue weighted by molar-refractivity contribution is -0.123. The van der Waals surface area contributed by atoms with Crippen LogP contribution in [0.15, 0.2) is 48.5 Å². The molecule has 2 aromatic carbocycles. The number of amides is 1. The first-order chi connectivity index (χ1) is 13.5. The van der Waals surface area contributed by atoms with Crippen molar-refractivity contribution < 1.29 is 19.1 Å². The minimum absolute atomic E-state index is 0.365. The van der Waals surface area contributed by atoms with Gasteiger partial charge in [-0.3, -0.25) is 4.79 Å². The minimum Gasteiger partial charge on any atom is -0.494 e. The lowest BCUT2D eigenvalue weighted by atomic mass is 10.2. The van der Waals surface area contributed by atoms with E-state index in [4.69, 9.17) is 21.1 Å². The number of benzene rings is 2. The zero-order valence-electron chi connectivity index (χ0n) is 16.2. The molecule has 1 unspecified atom stereocenters. The molecule has 0 aliphatic rings. The van der Waals surface area contributed by atoms with Gasteiger partial charge >= 0.3 is 5.97 Å². The highest BCUT2D eigenvalue weighted by atomic mass is 35.5. The molecule has 0 radical (unpaired) electrons. The standard InChI is InChI=1S/C22H26ClNO4/c1-3-4-5-6-15-27-20-13-7-17(8-14-20)22(26)28-16(2)21(25)24-19-11-9-18(23)10-12-19/h7-14,16H,3-6,15H2,1-2H3,(H,24,25). The Balaban J connectivity index is 1.80. The van der Waals surface area contributed by atoms with Gasteiger partial charge in [-0.15, -0.1) is 0 Å². The van der Waals surface area contributed by atoms with Crippen LogP contribution in [-0.2, 0) is 9.53 Å². The zero-order chi connectivity index (χ0) is 20.4. The molecule has 0 heterocycles. The van der Waals surface area contributed by atoms with Gasteiger partial charge in [0.1, 0.15) is 5.75 Å². The van der Waals surface area contributed by atoms with Gasteiger partial charge < -0.3 is 14.8 Å². The van der Waals surface area contributed by atoms with Crippen LogP contribution in [0.2, 0.25) is 5.02 Å². The topological polar surface area (TPSA) is 64.6 Å². The van der Waals surface area contributed by atoms with Crippen LogP contribution in [-0.4, -0.2) is 24.6 Å². The SMILES string of the molecule is CCCCCCOc1ccc(C(=O)OC(C)C(=O)Nc2ccc(Cl)cc2)cc1. The molecule has 0 fully saturated rings. The van der Waals surface area contributed by atoms with Crippen molar-refractivity contribution >= 4 is 29.2 Å². The molecule has 5 nitrogen and oxygen atoms in total. The lowest BCUT2D eigenvalue weighted by Crippen LogP contribution is -2.29. The van der Waals surface area contributed by atoms with Crippen LogP contribution in [0.4, 0.5) is 5.69 Å². The molecule has 150 valence electrons. The summed E-state index contributed by atoms with van der Waals surface area (Å²) in [6.45, 7) is 4.35. The van der Waals surface area contributed by atoms with Crippen molar-refractivity contribution in [2.75, 3.05) is 11.9 Å². The largest absolute Gasteiger partial charge is 0.494 e. The molecule has 0 saturated carbocycles. The number of carbonyl (C=O) groups is 2. The van der Waals surface area contributed by atoms with Gasteiger partial charge in [-0.25, -0.2) is 4.79 Å². The highest BCUT2D eigenvalue weighted by Gasteiger charge is 2.19. The van der Waals surface area contributed by atoms with Crippen LogP contribution in [0.1, 0.15) is 49.9 Å². The van der Waals surface area contributed by atoms with Crippen molar-refractivity contribution in [3.63, 3.8) is 0 Å². The van der Waals surface area contributed by atoms with Gasteiger partial charge in [0.15, 0.2) is 6.10 Å². The van der Waals surface area contributed by atoms with E-state index in [2.05, 4.69) is 12.2 Å². The smallest absolute Gasteiger partial charge is 0.338 e. The van der Waals surface area contributed by atoms with Gasteiger partial charge in [-0.05, 0) is 61.9 Å². The molecular formula is C22H26ClNO4. The molecule has 1 atom stereocenters. The van der Waals surface area contributed by atoms with Crippen molar-refractivity contribution in [3.8, 4) is 5.75 Å². The number of esters is 1. The van der Waals surface area contributed by atoms with Crippen LogP contribution < -0.4 is 10.1 Å². The number of hydrogen-bond donors (Lipinski definition) is 1. The first-order valence-corrected chi connectivity index (χ1v) is 9.87. The van der Waals surface area contributed by atoms with Crippen LogP contribution >= 0.6 is 11.6 Å². The van der Waals surface area contributed by atoms with E-state index in [1.807, 2.05) is 0 Å². The number of nitrogens with one attached hydrogen (secondary N) is 1. The van der Waals surface area contributed by atoms with E-state index in [1.165, 1.54) is 19.8 Å². The number of unbranched alkanes of at least 4 members (excludes halogenated alkanes) is 3. The molecule has 6 heteroatoms. The summed E-state index contributed by atoms with van der Waals surface area (Å²) in [6.07, 6.45) is 3.62. The fraction of sp³-hybridized carbons (Fsp3) is 0.364. The van der Waals surface area contributed by atoms with Crippen LogP contribution in [0.3, 0.4) is 0 Å². The lowest BCUT2D eigenvalue weighted by Gasteiger charge is -2.14. The van der Waals surface area contributed by atoms with Crippen molar-refractivity contribution in [1.29, 1.82) is 0 Å². The van der Waals surface area contributed by atoms with Crippen LogP contribution in [0.25, 0.3) is 0 Å². The monoisotopic (exact) mass is 403 g/mol. The van der Waals surface area contributed by atoms with Gasteiger partial charge in [0.05, 0.1) is 12.2 Å². The van der Waals surface area contributed by atoms with Gasteiger partial charge in [-0.1, -0.05) is 37.8 Å². The van der Waals surface area contributed by atoms with E-state index in [9.17, 15) is 9.59 Å². The average Bonchev–Trinajstić information content (AvgIpc) is 2.70. The van der Waals surface area contributed by atoms with E-state index >= 15 is 0 Å². The van der Waals surface area contributed by atoms with Gasteiger partial charge in [0.25, 0.3) is 5.91 Å². The molecule has 2 aromatic rings. The summed E-state index contributed by atoms with van der Waals surface area (Å²) in [5.74, 6) is -0.266. The second kappa shape index (κ2) is 11.3. The summed E-state index contributed by atoms with van der Waals surface area (Å²) in [6, 6.07) is 13.4. The maximum absolute atomic E-state index is 12.2. The Morgan fingerprint density at radius 1 is 1.00 bits per heavy atom. The predicted molar refractivity (Wildman–Crippen MR) is 111 cm³/mol. The number of ether oxygens (including phenoxy) is 2. The Hall–Kier alpha value is -2.53. The molecule has 0 spiro atoms. The van der Waals surface area contributed by atoms with Crippen molar-refractivity contribution in [3.05, 3.63) is 59.1 Å². The fourth-order valence-corrected chi connectivity index (χ4v) is 2.59. The number of anilines is 1. The van der Waals surface area contributed by atoms with Crippen molar-refractivity contribution in [2.45, 2.75) is 45.6 Å². The summed E-state index contributed by atoms with van der Waals surface area (Å²) in [7, 11) is 0. The van der Waals surface area contributed by atoms with Gasteiger partial charge in [0.2, 0.25) is 0 Å². The second-order valence-corrected chi connectivity index (χ2v) is 6.91. The van der Waals surface area contributed by atoms with E-state index in [1.54, 1.807) is 48.5 Å². The van der Waals surface area contributed by atoms with Crippen molar-refractivity contribution in [1.82, 2.24) is 0 Å². The number of hydrogen-bond acceptors (Lipinski definition) is 4. The number of halogens is 1. The van der Waals surface area contributed by atoms with Crippen LogP contribution in [0.5, 0.6) is 5.75 Å². The highest BCUT2D eigenvalue weighted by molar-refractivity contribution is 6.30. The summed E-state index contributed by atoms with van der Waals surface area (Å²) in [5, 5.41) is 3.25. The third-order valence-corrected chi connectivity index (χ3v) is 4.37. The number of carbonyl (C=O) groups excluding carboxylic acids is 2. The molecule has 0 bridgehead atoms. The molecule has 1 amide bonds. The Labute approximate surface area is 171 Å². The van der Waals surface area contributed by atoms with Crippen LogP contribution in [0, 0.1) is 0 Å². The molecule has 2 rings (SSSR count). The molecule has 28 heavy (non-hydrogen) atoms. The zero-order valence-corrected chi connectivity index (χ0v) is 17.0. The Morgan fingerprint density at radius 3 is 2.32 bits per heavy atom. The second-order valence-electron chi connectivity index (χ2n) is 6.48. The van der Waals surface area contributed by atoms with Crippen molar-refractivity contribution in [2.24, 2.45) is 0 Å². The molecule has 0 aromatic heterocycles. The normalized spacial score (nSPS) is 11.5. The van der Waals surface area contributed by atoms with Gasteiger partial charge in [0, 0.05) is 10.7 Å². The van der Waals surface area contributed by atoms with E-state index in [0.29, 0.717) is 28.6 Å². The Bertz CT molecular complexity index is 759. The predicted octanol–water partition coefficient (Wildman–Crippen LogP) is 5.48. The summed E-state index contributed by atoms with van der Waals surface area (Å²) < 4.78 is 10.9. The minimum atomic E-state index is -0.933. The maximum atomic E-state index is 12.2. The maximum Gasteiger partial charge on any atom is 0.338 e. The quantitative estimate of drug-likeness (QED) is 0.421. The molecule has 0 aliphatic carbocycles. The first kappa shape index (κ1) is 21.8. The highest BCUT2D eigenvalue weighted by Crippen LogP contribution is 2.16. The molecule has 1 N–H and O–H groups in total. The molecule has 0 saturated heterocycles. The first-order valence-electron chi connectivity index (χ1n) is 9.50. The fourth-order valence-electron chi connectivity index (χ4n) is 2.47. The Morgan fingerprint density at radius 2 is 1.68 bits per heavy atom. The Kier molecular flexibility index (Phi) is 8.82.